The van der Waals surface area contributed by atoms with Gasteiger partial charge in [-0.15, -0.1) is 0 Å². The fourth-order valence-corrected chi connectivity index (χ4v) is 2.64. The van der Waals surface area contributed by atoms with E-state index in [0.29, 0.717) is 12.3 Å². The van der Waals surface area contributed by atoms with Gasteiger partial charge < -0.3 is 0 Å². The largest absolute Gasteiger partial charge is 0.345 e. The molecule has 88 valence electrons. The Morgan fingerprint density at radius 1 is 1.35 bits per heavy atom. The maximum atomic E-state index is 12.1. The van der Waals surface area contributed by atoms with E-state index >= 15 is 0 Å². The Morgan fingerprint density at radius 3 is 2.88 bits per heavy atom. The SMILES string of the molecule is CC1(C)CC(=O)C2=C(C1)N=C1NC(=O)N=CC12. The Balaban J connectivity index is 2.04. The molecule has 0 aromatic heterocycles. The van der Waals surface area contributed by atoms with Crippen molar-refractivity contribution in [3.05, 3.63) is 11.3 Å². The minimum atomic E-state index is -0.411. The number of carbonyl (C=O) groups excluding carboxylic acids is 2. The van der Waals surface area contributed by atoms with Crippen LogP contribution in [0.25, 0.3) is 0 Å². The highest BCUT2D eigenvalue weighted by Crippen LogP contribution is 2.42. The van der Waals surface area contributed by atoms with Crippen molar-refractivity contribution in [1.82, 2.24) is 5.32 Å². The predicted octanol–water partition coefficient (Wildman–Crippen LogP) is 1.45. The molecular weight excluding hydrogens is 218 g/mol. The van der Waals surface area contributed by atoms with Crippen molar-refractivity contribution in [3.8, 4) is 0 Å². The summed E-state index contributed by atoms with van der Waals surface area (Å²) in [6.07, 6.45) is 2.83. The van der Waals surface area contributed by atoms with Crippen molar-refractivity contribution in [2.45, 2.75) is 26.7 Å². The quantitative estimate of drug-likeness (QED) is 0.685. The summed E-state index contributed by atoms with van der Waals surface area (Å²) in [7, 11) is 0. The van der Waals surface area contributed by atoms with E-state index in [1.165, 1.54) is 6.21 Å². The highest BCUT2D eigenvalue weighted by Gasteiger charge is 2.42. The van der Waals surface area contributed by atoms with Gasteiger partial charge in [0.05, 0.1) is 11.6 Å². The van der Waals surface area contributed by atoms with Gasteiger partial charge in [-0.2, -0.15) is 0 Å². The number of carbonyl (C=O) groups is 2. The molecular formula is C12H13N3O2. The number of rotatable bonds is 0. The van der Waals surface area contributed by atoms with E-state index < -0.39 is 6.03 Å². The van der Waals surface area contributed by atoms with Gasteiger partial charge in [0.2, 0.25) is 0 Å². The van der Waals surface area contributed by atoms with Gasteiger partial charge in [-0.05, 0) is 11.8 Å². The van der Waals surface area contributed by atoms with Crippen LogP contribution in [0, 0.1) is 11.3 Å². The molecule has 0 spiro atoms. The molecule has 2 aliphatic heterocycles. The van der Waals surface area contributed by atoms with Gasteiger partial charge in [0.15, 0.2) is 5.78 Å². The smallest absolute Gasteiger partial charge is 0.294 e. The predicted molar refractivity (Wildman–Crippen MR) is 63.0 cm³/mol. The number of ketones is 1. The zero-order chi connectivity index (χ0) is 12.2. The summed E-state index contributed by atoms with van der Waals surface area (Å²) >= 11 is 0. The third kappa shape index (κ3) is 1.53. The first kappa shape index (κ1) is 10.4. The zero-order valence-corrected chi connectivity index (χ0v) is 9.78. The fraction of sp³-hybridized carbons (Fsp3) is 0.500. The molecule has 5 heteroatoms. The number of allylic oxidation sites excluding steroid dienone is 1. The van der Waals surface area contributed by atoms with Crippen LogP contribution in [-0.2, 0) is 4.79 Å². The van der Waals surface area contributed by atoms with Crippen LogP contribution < -0.4 is 5.32 Å². The van der Waals surface area contributed by atoms with Crippen LogP contribution in [0.15, 0.2) is 21.3 Å². The van der Waals surface area contributed by atoms with Crippen molar-refractivity contribution in [2.24, 2.45) is 21.3 Å². The molecule has 1 atom stereocenters. The molecule has 17 heavy (non-hydrogen) atoms. The first-order valence-electron chi connectivity index (χ1n) is 5.66. The first-order chi connectivity index (χ1) is 7.96. The molecule has 5 nitrogen and oxygen atoms in total. The summed E-state index contributed by atoms with van der Waals surface area (Å²) in [5.41, 5.74) is 1.50. The monoisotopic (exact) mass is 231 g/mol. The van der Waals surface area contributed by atoms with Gasteiger partial charge >= 0.3 is 6.03 Å². The first-order valence-corrected chi connectivity index (χ1v) is 5.66. The van der Waals surface area contributed by atoms with E-state index in [1.807, 2.05) is 0 Å². The average molecular weight is 231 g/mol. The maximum absolute atomic E-state index is 12.1. The Kier molecular flexibility index (Phi) is 1.91. The topological polar surface area (TPSA) is 70.9 Å². The number of hydrogen-bond donors (Lipinski definition) is 1. The van der Waals surface area contributed by atoms with E-state index in [0.717, 1.165) is 17.7 Å². The minimum Gasteiger partial charge on any atom is -0.294 e. The molecule has 2 heterocycles. The summed E-state index contributed by atoms with van der Waals surface area (Å²) in [5, 5.41) is 2.60. The van der Waals surface area contributed by atoms with Gasteiger partial charge in [0.25, 0.3) is 0 Å². The highest BCUT2D eigenvalue weighted by molar-refractivity contribution is 6.20. The second-order valence-corrected chi connectivity index (χ2v) is 5.48. The van der Waals surface area contributed by atoms with Crippen LogP contribution in [0.5, 0.6) is 0 Å². The Morgan fingerprint density at radius 2 is 2.12 bits per heavy atom. The third-order valence-electron chi connectivity index (χ3n) is 3.33. The second-order valence-electron chi connectivity index (χ2n) is 5.48. The summed E-state index contributed by atoms with van der Waals surface area (Å²) in [4.78, 5) is 31.3. The lowest BCUT2D eigenvalue weighted by Gasteiger charge is -2.29. The number of Topliss-reactive ketones (excluding diaryl/α,β-unsaturated/α-hetero) is 1. The molecule has 3 rings (SSSR count). The number of amidine groups is 1. The standard InChI is InChI=1S/C12H13N3O2/c1-12(2)3-7-9(8(16)4-12)6-5-13-11(17)15-10(6)14-7/h5-6H,3-4H2,1-2H3,(H,14,15,17). The molecule has 3 aliphatic rings. The van der Waals surface area contributed by atoms with Gasteiger partial charge in [0.1, 0.15) is 5.84 Å². The Hall–Kier alpha value is -1.78. The molecule has 1 unspecified atom stereocenters. The van der Waals surface area contributed by atoms with Crippen molar-refractivity contribution in [1.29, 1.82) is 0 Å². The van der Waals surface area contributed by atoms with Gasteiger partial charge in [-0.1, -0.05) is 13.8 Å². The van der Waals surface area contributed by atoms with Crippen LogP contribution >= 0.6 is 0 Å². The molecule has 0 aromatic rings. The summed E-state index contributed by atoms with van der Waals surface area (Å²) in [6, 6.07) is -0.411. The molecule has 0 bridgehead atoms. The minimum absolute atomic E-state index is 0.0470. The molecule has 0 aromatic carbocycles. The summed E-state index contributed by atoms with van der Waals surface area (Å²) in [5.74, 6) is 0.454. The van der Waals surface area contributed by atoms with Crippen molar-refractivity contribution in [3.63, 3.8) is 0 Å². The molecule has 0 fully saturated rings. The van der Waals surface area contributed by atoms with Crippen LogP contribution in [0.4, 0.5) is 4.79 Å². The van der Waals surface area contributed by atoms with E-state index in [9.17, 15) is 9.59 Å². The molecule has 0 saturated heterocycles. The molecule has 0 radical (unpaired) electrons. The lowest BCUT2D eigenvalue weighted by Crippen LogP contribution is -2.39. The summed E-state index contributed by atoms with van der Waals surface area (Å²) in [6.45, 7) is 4.12. The van der Waals surface area contributed by atoms with Crippen LogP contribution in [0.2, 0.25) is 0 Å². The van der Waals surface area contributed by atoms with E-state index in [-0.39, 0.29) is 17.1 Å². The van der Waals surface area contributed by atoms with Crippen molar-refractivity contribution < 1.29 is 9.59 Å². The molecule has 2 amide bonds. The average Bonchev–Trinajstić information content (AvgIpc) is 2.52. The van der Waals surface area contributed by atoms with Crippen LogP contribution in [0.1, 0.15) is 26.7 Å². The maximum Gasteiger partial charge on any atom is 0.345 e. The van der Waals surface area contributed by atoms with Crippen molar-refractivity contribution >= 4 is 23.9 Å². The van der Waals surface area contributed by atoms with Gasteiger partial charge in [-0.3, -0.25) is 10.1 Å². The Labute approximate surface area is 98.7 Å². The lowest BCUT2D eigenvalue weighted by molar-refractivity contribution is -0.118. The number of nitrogens with zero attached hydrogens (tertiary/aromatic N) is 2. The van der Waals surface area contributed by atoms with Gasteiger partial charge in [-0.25, -0.2) is 14.8 Å². The van der Waals surface area contributed by atoms with Crippen molar-refractivity contribution in [2.75, 3.05) is 0 Å². The number of urea groups is 1. The number of aliphatic imine (C=N–C) groups is 2. The molecule has 0 saturated carbocycles. The molecule has 1 N–H and O–H groups in total. The van der Waals surface area contributed by atoms with E-state index in [2.05, 4.69) is 29.1 Å². The van der Waals surface area contributed by atoms with E-state index in [4.69, 9.17) is 0 Å². The molecule has 1 aliphatic carbocycles. The highest BCUT2D eigenvalue weighted by atomic mass is 16.2. The third-order valence-corrected chi connectivity index (χ3v) is 3.33. The van der Waals surface area contributed by atoms with Crippen LogP contribution in [0.3, 0.4) is 0 Å². The normalized spacial score (nSPS) is 29.8. The number of amides is 2. The van der Waals surface area contributed by atoms with Crippen LogP contribution in [-0.4, -0.2) is 23.9 Å². The number of fused-ring (bicyclic) bond motifs is 2. The zero-order valence-electron chi connectivity index (χ0n) is 9.78. The number of hydrogen-bond acceptors (Lipinski definition) is 3. The number of nitrogens with one attached hydrogen (secondary N) is 1. The van der Waals surface area contributed by atoms with Gasteiger partial charge in [0, 0.05) is 18.2 Å². The fourth-order valence-electron chi connectivity index (χ4n) is 2.64. The lowest BCUT2D eigenvalue weighted by atomic mass is 9.74. The van der Waals surface area contributed by atoms with E-state index in [1.54, 1.807) is 0 Å². The Bertz CT molecular complexity index is 526. The summed E-state index contributed by atoms with van der Waals surface area (Å²) < 4.78 is 0. The second kappa shape index (κ2) is 3.12.